The van der Waals surface area contributed by atoms with E-state index in [1.807, 2.05) is 0 Å². The number of aromatic hydroxyl groups is 1. The van der Waals surface area contributed by atoms with Crippen LogP contribution in [0.5, 0.6) is 5.75 Å². The minimum atomic E-state index is -0.644. The van der Waals surface area contributed by atoms with Gasteiger partial charge in [-0.05, 0) is 23.3 Å². The molecule has 1 aromatic rings. The molecule has 2 aliphatic rings. The molecule has 0 radical (unpaired) electrons. The van der Waals surface area contributed by atoms with Crippen LogP contribution in [0.1, 0.15) is 17.5 Å². The van der Waals surface area contributed by atoms with Crippen molar-refractivity contribution in [2.24, 2.45) is 0 Å². The molecule has 2 N–H and O–H groups in total. The second-order valence-electron chi connectivity index (χ2n) is 4.44. The molecule has 4 nitrogen and oxygen atoms in total. The third-order valence-corrected chi connectivity index (χ3v) is 3.21. The summed E-state index contributed by atoms with van der Waals surface area (Å²) < 4.78 is 5.15. The van der Waals surface area contributed by atoms with Crippen LogP contribution in [-0.2, 0) is 16.1 Å². The van der Waals surface area contributed by atoms with Crippen LogP contribution in [0.25, 0.3) is 5.57 Å². The van der Waals surface area contributed by atoms with Crippen molar-refractivity contribution in [1.82, 2.24) is 0 Å². The number of aliphatic hydroxyl groups is 1. The highest BCUT2D eigenvalue weighted by Gasteiger charge is 2.27. The van der Waals surface area contributed by atoms with Gasteiger partial charge in [0.2, 0.25) is 0 Å². The maximum atomic E-state index is 11.9. The first kappa shape index (κ1) is 11.0. The van der Waals surface area contributed by atoms with E-state index in [2.05, 4.69) is 0 Å². The largest absolute Gasteiger partial charge is 0.508 e. The van der Waals surface area contributed by atoms with E-state index in [0.717, 1.165) is 16.7 Å². The summed E-state index contributed by atoms with van der Waals surface area (Å²) >= 11 is 0. The van der Waals surface area contributed by atoms with E-state index in [-0.39, 0.29) is 18.8 Å². The average Bonchev–Trinajstić information content (AvgIpc) is 2.48. The van der Waals surface area contributed by atoms with Crippen molar-refractivity contribution in [3.8, 4) is 5.75 Å². The highest BCUT2D eigenvalue weighted by molar-refractivity contribution is 6.02. The fraction of sp³-hybridized carbons (Fsp3) is 0.214. The Morgan fingerprint density at radius 3 is 3.00 bits per heavy atom. The van der Waals surface area contributed by atoms with E-state index >= 15 is 0 Å². The Morgan fingerprint density at radius 1 is 1.33 bits per heavy atom. The molecule has 1 aliphatic carbocycles. The number of aliphatic hydroxyl groups excluding tert-OH is 1. The molecule has 0 aromatic heterocycles. The van der Waals surface area contributed by atoms with E-state index in [4.69, 9.17) is 4.74 Å². The van der Waals surface area contributed by atoms with Gasteiger partial charge in [0.25, 0.3) is 0 Å². The molecule has 1 heterocycles. The summed E-state index contributed by atoms with van der Waals surface area (Å²) in [6, 6.07) is 4.94. The Morgan fingerprint density at radius 2 is 2.17 bits per heavy atom. The number of cyclic esters (lactones) is 1. The van der Waals surface area contributed by atoms with Crippen LogP contribution in [0.2, 0.25) is 0 Å². The molecule has 0 saturated heterocycles. The molecule has 4 heteroatoms. The Bertz CT molecular complexity index is 583. The number of carbonyl (C=O) groups excluding carboxylic acids is 1. The Labute approximate surface area is 104 Å². The molecule has 18 heavy (non-hydrogen) atoms. The molecular formula is C14H12O4. The maximum Gasteiger partial charge on any atom is 0.335 e. The van der Waals surface area contributed by atoms with E-state index < -0.39 is 12.1 Å². The second-order valence-corrected chi connectivity index (χ2v) is 4.44. The van der Waals surface area contributed by atoms with Crippen LogP contribution in [0.15, 0.2) is 35.9 Å². The van der Waals surface area contributed by atoms with E-state index in [9.17, 15) is 15.0 Å². The topological polar surface area (TPSA) is 66.8 Å². The normalized spacial score (nSPS) is 22.1. The summed E-state index contributed by atoms with van der Waals surface area (Å²) in [5.41, 5.74) is 2.92. The first-order valence-electron chi connectivity index (χ1n) is 5.74. The average molecular weight is 244 g/mol. The van der Waals surface area contributed by atoms with Gasteiger partial charge in [-0.3, -0.25) is 0 Å². The quantitative estimate of drug-likeness (QED) is 0.679. The molecule has 0 amide bonds. The van der Waals surface area contributed by atoms with Gasteiger partial charge in [0.05, 0.1) is 6.10 Å². The highest BCUT2D eigenvalue weighted by atomic mass is 16.5. The van der Waals surface area contributed by atoms with Crippen LogP contribution >= 0.6 is 0 Å². The van der Waals surface area contributed by atoms with E-state index in [1.54, 1.807) is 30.4 Å². The number of hydrogen-bond acceptors (Lipinski definition) is 4. The third kappa shape index (κ3) is 1.71. The molecule has 3 rings (SSSR count). The van der Waals surface area contributed by atoms with E-state index in [0.29, 0.717) is 5.57 Å². The van der Waals surface area contributed by atoms with Crippen molar-refractivity contribution >= 4 is 11.5 Å². The molecular weight excluding hydrogens is 232 g/mol. The van der Waals surface area contributed by atoms with Crippen LogP contribution in [0, 0.1) is 0 Å². The van der Waals surface area contributed by atoms with Crippen molar-refractivity contribution in [2.45, 2.75) is 19.1 Å². The Hall–Kier alpha value is -2.07. The zero-order valence-corrected chi connectivity index (χ0v) is 9.59. The molecule has 1 unspecified atom stereocenters. The fourth-order valence-corrected chi connectivity index (χ4v) is 2.33. The van der Waals surface area contributed by atoms with Crippen LogP contribution in [0.4, 0.5) is 0 Å². The maximum absolute atomic E-state index is 11.9. The lowest BCUT2D eigenvalue weighted by Crippen LogP contribution is -2.15. The lowest BCUT2D eigenvalue weighted by atomic mass is 9.89. The van der Waals surface area contributed by atoms with Gasteiger partial charge in [-0.15, -0.1) is 0 Å². The zero-order valence-electron chi connectivity index (χ0n) is 9.59. The highest BCUT2D eigenvalue weighted by Crippen LogP contribution is 2.34. The molecule has 92 valence electrons. The molecule has 1 aliphatic heterocycles. The molecule has 0 spiro atoms. The number of ether oxygens (including phenoxy) is 1. The number of carbonyl (C=O) groups is 1. The smallest absolute Gasteiger partial charge is 0.335 e. The van der Waals surface area contributed by atoms with Gasteiger partial charge in [-0.25, -0.2) is 4.79 Å². The minimum absolute atomic E-state index is 0.138. The van der Waals surface area contributed by atoms with Crippen molar-refractivity contribution in [3.63, 3.8) is 0 Å². The van der Waals surface area contributed by atoms with Crippen molar-refractivity contribution < 1.29 is 19.7 Å². The zero-order chi connectivity index (χ0) is 12.7. The van der Waals surface area contributed by atoms with Gasteiger partial charge in [-0.2, -0.15) is 0 Å². The van der Waals surface area contributed by atoms with Crippen molar-refractivity contribution in [3.05, 3.63) is 47.1 Å². The van der Waals surface area contributed by atoms with Crippen molar-refractivity contribution in [2.75, 3.05) is 0 Å². The number of phenolic OH excluding ortho intramolecular Hbond substituents is 1. The first-order chi connectivity index (χ1) is 8.65. The molecule has 0 fully saturated rings. The number of allylic oxidation sites excluding steroid dienone is 2. The predicted octanol–water partition coefficient (Wildman–Crippen LogP) is 1.52. The number of fused-ring (bicyclic) bond motifs is 2. The summed E-state index contributed by atoms with van der Waals surface area (Å²) in [6.45, 7) is 0.138. The first-order valence-corrected chi connectivity index (χ1v) is 5.74. The molecule has 0 bridgehead atoms. The van der Waals surface area contributed by atoms with E-state index in [1.165, 1.54) is 0 Å². The lowest BCUT2D eigenvalue weighted by molar-refractivity contribution is -0.140. The number of phenols is 1. The van der Waals surface area contributed by atoms with Gasteiger partial charge >= 0.3 is 5.97 Å². The van der Waals surface area contributed by atoms with Gasteiger partial charge in [0.1, 0.15) is 12.4 Å². The number of benzene rings is 1. The fourth-order valence-electron chi connectivity index (χ4n) is 2.33. The SMILES string of the molecule is O=C1OCc2cc(O)ccc2C2=C1CC(O)C=C2. The summed E-state index contributed by atoms with van der Waals surface area (Å²) in [7, 11) is 0. The summed E-state index contributed by atoms with van der Waals surface area (Å²) in [5, 5.41) is 19.1. The number of rotatable bonds is 0. The lowest BCUT2D eigenvalue weighted by Gasteiger charge is -2.16. The van der Waals surface area contributed by atoms with Gasteiger partial charge in [-0.1, -0.05) is 18.2 Å². The molecule has 1 atom stereocenters. The van der Waals surface area contributed by atoms with Gasteiger partial charge < -0.3 is 14.9 Å². The van der Waals surface area contributed by atoms with Gasteiger partial charge in [0.15, 0.2) is 0 Å². The van der Waals surface area contributed by atoms with Crippen LogP contribution in [0.3, 0.4) is 0 Å². The Kier molecular flexibility index (Phi) is 2.45. The molecule has 1 aromatic carbocycles. The van der Waals surface area contributed by atoms with Crippen LogP contribution < -0.4 is 0 Å². The van der Waals surface area contributed by atoms with Crippen molar-refractivity contribution in [1.29, 1.82) is 0 Å². The standard InChI is InChI=1S/C14H12O4/c15-9-1-3-11-8(5-9)7-18-14(17)13-6-10(16)2-4-12(11)13/h1-5,10,15-16H,6-7H2. The van der Waals surface area contributed by atoms with Crippen LogP contribution in [-0.4, -0.2) is 22.3 Å². The summed E-state index contributed by atoms with van der Waals surface area (Å²) in [6.07, 6.45) is 3.03. The third-order valence-electron chi connectivity index (χ3n) is 3.21. The summed E-state index contributed by atoms with van der Waals surface area (Å²) in [4.78, 5) is 11.9. The second kappa shape index (κ2) is 3.99. The predicted molar refractivity (Wildman–Crippen MR) is 64.6 cm³/mol. The number of esters is 1. The monoisotopic (exact) mass is 244 g/mol. The minimum Gasteiger partial charge on any atom is -0.508 e. The number of hydrogen-bond donors (Lipinski definition) is 2. The summed E-state index contributed by atoms with van der Waals surface area (Å²) in [5.74, 6) is -0.252. The Balaban J connectivity index is 2.19. The molecule has 0 saturated carbocycles. The van der Waals surface area contributed by atoms with Gasteiger partial charge in [0, 0.05) is 17.6 Å².